The molecule has 1 aromatic carbocycles. The fourth-order valence-corrected chi connectivity index (χ4v) is 1.40. The highest BCUT2D eigenvalue weighted by atomic mass is 35.5. The summed E-state index contributed by atoms with van der Waals surface area (Å²) < 4.78 is 4.58. The quantitative estimate of drug-likeness (QED) is 0.814. The maximum absolute atomic E-state index is 11.7. The number of carbonyl (C=O) groups excluding carboxylic acids is 2. The van der Waals surface area contributed by atoms with E-state index in [0.717, 1.165) is 5.56 Å². The van der Waals surface area contributed by atoms with E-state index in [1.807, 2.05) is 12.1 Å². The average Bonchev–Trinajstić information content (AvgIpc) is 2.36. The Morgan fingerprint density at radius 3 is 2.25 bits per heavy atom. The Labute approximate surface area is 125 Å². The molecule has 0 saturated heterocycles. The molecule has 112 valence electrons. The van der Waals surface area contributed by atoms with Crippen molar-refractivity contribution in [2.24, 2.45) is 5.73 Å². The third-order valence-corrected chi connectivity index (χ3v) is 2.64. The SMILES string of the molecule is COC(=O)CCc1ccc(NC(=O)C(C)(C)N)cc1.Cl. The van der Waals surface area contributed by atoms with E-state index in [1.54, 1.807) is 26.0 Å². The van der Waals surface area contributed by atoms with Gasteiger partial charge in [0, 0.05) is 12.1 Å². The zero-order valence-corrected chi connectivity index (χ0v) is 12.8. The van der Waals surface area contributed by atoms with Crippen LogP contribution >= 0.6 is 12.4 Å². The number of esters is 1. The number of hydrogen-bond donors (Lipinski definition) is 2. The molecule has 0 unspecified atom stereocenters. The Kier molecular flexibility index (Phi) is 7.24. The molecule has 0 aliphatic carbocycles. The second-order valence-electron chi connectivity index (χ2n) is 4.95. The van der Waals surface area contributed by atoms with Crippen LogP contribution in [0.15, 0.2) is 24.3 Å². The van der Waals surface area contributed by atoms with E-state index in [1.165, 1.54) is 7.11 Å². The number of amides is 1. The van der Waals surface area contributed by atoms with Crippen molar-refractivity contribution in [3.05, 3.63) is 29.8 Å². The largest absolute Gasteiger partial charge is 0.469 e. The van der Waals surface area contributed by atoms with Gasteiger partial charge in [-0.25, -0.2) is 0 Å². The lowest BCUT2D eigenvalue weighted by atomic mass is 10.1. The molecule has 0 saturated carbocycles. The van der Waals surface area contributed by atoms with Crippen molar-refractivity contribution in [3.8, 4) is 0 Å². The number of ether oxygens (including phenoxy) is 1. The number of hydrogen-bond acceptors (Lipinski definition) is 4. The molecule has 5 nitrogen and oxygen atoms in total. The van der Waals surface area contributed by atoms with Gasteiger partial charge in [-0.2, -0.15) is 0 Å². The maximum Gasteiger partial charge on any atom is 0.305 e. The third kappa shape index (κ3) is 6.04. The first-order chi connectivity index (χ1) is 8.82. The van der Waals surface area contributed by atoms with Gasteiger partial charge in [-0.05, 0) is 38.0 Å². The molecular formula is C14H21ClN2O3. The van der Waals surface area contributed by atoms with Crippen LogP contribution in [0.1, 0.15) is 25.8 Å². The minimum atomic E-state index is -0.913. The Morgan fingerprint density at radius 1 is 1.25 bits per heavy atom. The van der Waals surface area contributed by atoms with Gasteiger partial charge in [-0.15, -0.1) is 12.4 Å². The fourth-order valence-electron chi connectivity index (χ4n) is 1.40. The van der Waals surface area contributed by atoms with Crippen LogP contribution in [0.4, 0.5) is 5.69 Å². The van der Waals surface area contributed by atoms with Crippen LogP contribution in [0.5, 0.6) is 0 Å². The summed E-state index contributed by atoms with van der Waals surface area (Å²) in [5, 5.41) is 2.73. The van der Waals surface area contributed by atoms with Crippen molar-refractivity contribution in [1.82, 2.24) is 0 Å². The summed E-state index contributed by atoms with van der Waals surface area (Å²) in [7, 11) is 1.37. The van der Waals surface area contributed by atoms with Crippen LogP contribution in [0.3, 0.4) is 0 Å². The highest BCUT2D eigenvalue weighted by Gasteiger charge is 2.21. The van der Waals surface area contributed by atoms with Gasteiger partial charge in [0.2, 0.25) is 5.91 Å². The van der Waals surface area contributed by atoms with Crippen molar-refractivity contribution < 1.29 is 14.3 Å². The summed E-state index contributed by atoms with van der Waals surface area (Å²) in [5.41, 5.74) is 6.47. The molecular weight excluding hydrogens is 280 g/mol. The molecule has 0 fully saturated rings. The number of nitrogens with two attached hydrogens (primary N) is 1. The molecule has 3 N–H and O–H groups in total. The average molecular weight is 301 g/mol. The van der Waals surface area contributed by atoms with Gasteiger partial charge in [0.1, 0.15) is 0 Å². The van der Waals surface area contributed by atoms with Crippen molar-refractivity contribution in [3.63, 3.8) is 0 Å². The molecule has 1 rings (SSSR count). The zero-order valence-electron chi connectivity index (χ0n) is 11.9. The Hall–Kier alpha value is -1.59. The number of rotatable bonds is 5. The number of carbonyl (C=O) groups is 2. The predicted octanol–water partition coefficient (Wildman–Crippen LogP) is 1.89. The van der Waals surface area contributed by atoms with E-state index in [2.05, 4.69) is 10.1 Å². The summed E-state index contributed by atoms with van der Waals surface area (Å²) in [5.74, 6) is -0.475. The summed E-state index contributed by atoms with van der Waals surface area (Å²) in [6.45, 7) is 3.29. The molecule has 0 aliphatic rings. The summed E-state index contributed by atoms with van der Waals surface area (Å²) in [6.07, 6.45) is 0.960. The summed E-state index contributed by atoms with van der Waals surface area (Å²) >= 11 is 0. The molecule has 0 bridgehead atoms. The minimum Gasteiger partial charge on any atom is -0.469 e. The van der Waals surface area contributed by atoms with Crippen LogP contribution in [0.2, 0.25) is 0 Å². The highest BCUT2D eigenvalue weighted by molar-refractivity contribution is 5.97. The predicted molar refractivity (Wildman–Crippen MR) is 80.9 cm³/mol. The molecule has 20 heavy (non-hydrogen) atoms. The van der Waals surface area contributed by atoms with Gasteiger partial charge in [0.15, 0.2) is 0 Å². The lowest BCUT2D eigenvalue weighted by molar-refractivity contribution is -0.140. The molecule has 0 spiro atoms. The fraction of sp³-hybridized carbons (Fsp3) is 0.429. The number of aryl methyl sites for hydroxylation is 1. The van der Waals surface area contributed by atoms with Gasteiger partial charge in [-0.1, -0.05) is 12.1 Å². The minimum absolute atomic E-state index is 0. The Bertz CT molecular complexity index is 452. The van der Waals surface area contributed by atoms with Crippen molar-refractivity contribution >= 4 is 30.0 Å². The number of anilines is 1. The molecule has 0 aliphatic heterocycles. The van der Waals surface area contributed by atoms with Crippen molar-refractivity contribution in [2.45, 2.75) is 32.2 Å². The van der Waals surface area contributed by atoms with Gasteiger partial charge in [-0.3, -0.25) is 9.59 Å². The monoisotopic (exact) mass is 300 g/mol. The lowest BCUT2D eigenvalue weighted by Crippen LogP contribution is -2.45. The van der Waals surface area contributed by atoms with Crippen molar-refractivity contribution in [2.75, 3.05) is 12.4 Å². The van der Waals surface area contributed by atoms with E-state index in [9.17, 15) is 9.59 Å². The van der Waals surface area contributed by atoms with Crippen LogP contribution in [0.25, 0.3) is 0 Å². The van der Waals surface area contributed by atoms with Gasteiger partial charge < -0.3 is 15.8 Å². The Balaban J connectivity index is 0.00000361. The smallest absolute Gasteiger partial charge is 0.305 e. The van der Waals surface area contributed by atoms with Gasteiger partial charge >= 0.3 is 5.97 Å². The van der Waals surface area contributed by atoms with Crippen LogP contribution in [-0.4, -0.2) is 24.5 Å². The summed E-state index contributed by atoms with van der Waals surface area (Å²) in [4.78, 5) is 22.7. The second kappa shape index (κ2) is 7.87. The molecule has 0 atom stereocenters. The second-order valence-corrected chi connectivity index (χ2v) is 4.95. The molecule has 0 aromatic heterocycles. The molecule has 0 heterocycles. The molecule has 0 radical (unpaired) electrons. The zero-order chi connectivity index (χ0) is 14.5. The number of benzene rings is 1. The maximum atomic E-state index is 11.7. The number of nitrogens with one attached hydrogen (secondary N) is 1. The van der Waals surface area contributed by atoms with Crippen molar-refractivity contribution in [1.29, 1.82) is 0 Å². The van der Waals surface area contributed by atoms with Gasteiger partial charge in [0.25, 0.3) is 0 Å². The van der Waals surface area contributed by atoms with E-state index in [-0.39, 0.29) is 24.3 Å². The van der Waals surface area contributed by atoms with Crippen LogP contribution < -0.4 is 11.1 Å². The highest BCUT2D eigenvalue weighted by Crippen LogP contribution is 2.13. The summed E-state index contributed by atoms with van der Waals surface area (Å²) in [6, 6.07) is 7.30. The Morgan fingerprint density at radius 2 is 1.80 bits per heavy atom. The van der Waals surface area contributed by atoms with E-state index in [0.29, 0.717) is 18.5 Å². The number of methoxy groups -OCH3 is 1. The van der Waals surface area contributed by atoms with E-state index < -0.39 is 5.54 Å². The van der Waals surface area contributed by atoms with Gasteiger partial charge in [0.05, 0.1) is 12.6 Å². The normalized spacial score (nSPS) is 10.4. The molecule has 1 amide bonds. The van der Waals surface area contributed by atoms with E-state index in [4.69, 9.17) is 5.73 Å². The number of halogens is 1. The van der Waals surface area contributed by atoms with E-state index >= 15 is 0 Å². The lowest BCUT2D eigenvalue weighted by Gasteiger charge is -2.17. The third-order valence-electron chi connectivity index (χ3n) is 2.64. The molecule has 1 aromatic rings. The van der Waals surface area contributed by atoms with Crippen LogP contribution in [-0.2, 0) is 20.7 Å². The molecule has 6 heteroatoms. The van der Waals surface area contributed by atoms with Crippen LogP contribution in [0, 0.1) is 0 Å². The first-order valence-corrected chi connectivity index (χ1v) is 6.09. The first kappa shape index (κ1) is 18.4. The first-order valence-electron chi connectivity index (χ1n) is 6.09. The standard InChI is InChI=1S/C14H20N2O3.ClH/c1-14(2,15)13(18)16-11-7-4-10(5-8-11)6-9-12(17)19-3;/h4-5,7-8H,6,9,15H2,1-3H3,(H,16,18);1H. The topological polar surface area (TPSA) is 81.4 Å².